The molecule has 0 radical (unpaired) electrons. The van der Waals surface area contributed by atoms with Crippen LogP contribution in [0.15, 0.2) is 36.4 Å². The van der Waals surface area contributed by atoms with Gasteiger partial charge >= 0.3 is 0 Å². The van der Waals surface area contributed by atoms with Crippen LogP contribution in [0.4, 0.5) is 15.8 Å². The molecule has 1 aliphatic rings. The van der Waals surface area contributed by atoms with Crippen LogP contribution in [-0.2, 0) is 11.8 Å². The minimum Gasteiger partial charge on any atom is -0.497 e. The van der Waals surface area contributed by atoms with E-state index in [9.17, 15) is 14.0 Å². The van der Waals surface area contributed by atoms with E-state index in [1.807, 2.05) is 0 Å². The zero-order valence-electron chi connectivity index (χ0n) is 17.0. The van der Waals surface area contributed by atoms with Crippen LogP contribution in [0.3, 0.4) is 0 Å². The fourth-order valence-electron chi connectivity index (χ4n) is 3.91. The van der Waals surface area contributed by atoms with Crippen molar-refractivity contribution in [1.29, 1.82) is 0 Å². The van der Waals surface area contributed by atoms with Gasteiger partial charge in [0.2, 0.25) is 5.91 Å². The first-order valence-electron chi connectivity index (χ1n) is 9.56. The smallest absolute Gasteiger partial charge is 0.274 e. The number of hydrogen-bond donors (Lipinski definition) is 1. The monoisotopic (exact) mass is 411 g/mol. The van der Waals surface area contributed by atoms with Gasteiger partial charge in [-0.2, -0.15) is 0 Å². The van der Waals surface area contributed by atoms with Crippen LogP contribution < -0.4 is 19.7 Å². The van der Waals surface area contributed by atoms with Gasteiger partial charge in [-0.25, -0.2) is 4.39 Å². The van der Waals surface area contributed by atoms with Gasteiger partial charge in [-0.15, -0.1) is 0 Å². The Labute approximate surface area is 173 Å². The molecule has 1 aliphatic heterocycles. The minimum absolute atomic E-state index is 0.0835. The Morgan fingerprint density at radius 3 is 2.60 bits per heavy atom. The Morgan fingerprint density at radius 1 is 1.13 bits per heavy atom. The summed E-state index contributed by atoms with van der Waals surface area (Å²) < 4.78 is 26.3. The van der Waals surface area contributed by atoms with Crippen LogP contribution in [0.2, 0.25) is 0 Å². The number of carbonyl (C=O) groups is 2. The molecular weight excluding hydrogens is 389 g/mol. The van der Waals surface area contributed by atoms with Gasteiger partial charge in [0.25, 0.3) is 5.91 Å². The van der Waals surface area contributed by atoms with E-state index < -0.39 is 11.7 Å². The number of aryl methyl sites for hydroxylation is 1. The van der Waals surface area contributed by atoms with E-state index in [4.69, 9.17) is 9.47 Å². The number of rotatable bonds is 5. The Kier molecular flexibility index (Phi) is 5.07. The number of aromatic nitrogens is 1. The molecule has 2 heterocycles. The number of ether oxygens (including phenoxy) is 2. The molecule has 1 fully saturated rings. The van der Waals surface area contributed by atoms with Crippen molar-refractivity contribution < 1.29 is 23.5 Å². The number of methoxy groups -OCH3 is 2. The normalized spacial score (nSPS) is 13.7. The fourth-order valence-corrected chi connectivity index (χ4v) is 3.91. The van der Waals surface area contributed by atoms with Gasteiger partial charge in [-0.05, 0) is 36.8 Å². The van der Waals surface area contributed by atoms with Crippen molar-refractivity contribution in [1.82, 2.24) is 4.57 Å². The van der Waals surface area contributed by atoms with Crippen molar-refractivity contribution in [2.45, 2.75) is 12.8 Å². The van der Waals surface area contributed by atoms with Crippen LogP contribution in [-0.4, -0.2) is 37.1 Å². The first kappa shape index (κ1) is 19.8. The maximum absolute atomic E-state index is 14.0. The first-order valence-corrected chi connectivity index (χ1v) is 9.56. The van der Waals surface area contributed by atoms with Gasteiger partial charge in [0.05, 0.1) is 31.1 Å². The SMILES string of the molecule is COc1ccc(OC)c(NC(=O)c2c(N3CCCC3=O)c3cc(F)ccc3n2C)c1. The lowest BCUT2D eigenvalue weighted by Gasteiger charge is -2.18. The van der Waals surface area contributed by atoms with Crippen LogP contribution in [0.5, 0.6) is 11.5 Å². The molecule has 156 valence electrons. The minimum atomic E-state index is -0.435. The summed E-state index contributed by atoms with van der Waals surface area (Å²) in [4.78, 5) is 27.4. The first-order chi connectivity index (χ1) is 14.4. The molecule has 1 aromatic heterocycles. The molecule has 0 atom stereocenters. The molecular formula is C22H22FN3O4. The van der Waals surface area contributed by atoms with Crippen LogP contribution in [0, 0.1) is 5.82 Å². The van der Waals surface area contributed by atoms with Gasteiger partial charge in [0, 0.05) is 31.5 Å². The summed E-state index contributed by atoms with van der Waals surface area (Å²) in [7, 11) is 4.76. The van der Waals surface area contributed by atoms with E-state index >= 15 is 0 Å². The lowest BCUT2D eigenvalue weighted by Crippen LogP contribution is -2.27. The van der Waals surface area contributed by atoms with Crippen LogP contribution in [0.25, 0.3) is 10.9 Å². The van der Waals surface area contributed by atoms with E-state index in [1.165, 1.54) is 26.4 Å². The number of hydrogen-bond acceptors (Lipinski definition) is 4. The zero-order valence-corrected chi connectivity index (χ0v) is 17.0. The van der Waals surface area contributed by atoms with Crippen molar-refractivity contribution in [3.05, 3.63) is 47.9 Å². The number of anilines is 2. The Bertz CT molecular complexity index is 1150. The molecule has 0 aliphatic carbocycles. The van der Waals surface area contributed by atoms with E-state index in [0.29, 0.717) is 53.2 Å². The Hall–Kier alpha value is -3.55. The zero-order chi connectivity index (χ0) is 21.4. The summed E-state index contributed by atoms with van der Waals surface area (Å²) in [5.41, 5.74) is 1.79. The number of halogens is 1. The fraction of sp³-hybridized carbons (Fsp3) is 0.273. The van der Waals surface area contributed by atoms with Crippen molar-refractivity contribution in [2.24, 2.45) is 7.05 Å². The number of fused-ring (bicyclic) bond motifs is 1. The van der Waals surface area contributed by atoms with Crippen molar-refractivity contribution in [3.8, 4) is 11.5 Å². The molecule has 2 amide bonds. The molecule has 2 aromatic carbocycles. The highest BCUT2D eigenvalue weighted by Crippen LogP contribution is 2.37. The summed E-state index contributed by atoms with van der Waals surface area (Å²) >= 11 is 0. The second-order valence-electron chi connectivity index (χ2n) is 7.09. The highest BCUT2D eigenvalue weighted by Gasteiger charge is 2.31. The summed E-state index contributed by atoms with van der Waals surface area (Å²) in [5.74, 6) is 0.0745. The maximum atomic E-state index is 14.0. The van der Waals surface area contributed by atoms with Gasteiger partial charge in [-0.1, -0.05) is 0 Å². The quantitative estimate of drug-likeness (QED) is 0.695. The number of carbonyl (C=O) groups excluding carboxylic acids is 2. The van der Waals surface area contributed by atoms with Crippen LogP contribution in [0.1, 0.15) is 23.3 Å². The van der Waals surface area contributed by atoms with Gasteiger partial charge in [0.15, 0.2) is 0 Å². The average molecular weight is 411 g/mol. The van der Waals surface area contributed by atoms with Crippen molar-refractivity contribution in [2.75, 3.05) is 31.0 Å². The Morgan fingerprint density at radius 2 is 1.93 bits per heavy atom. The van der Waals surface area contributed by atoms with Crippen molar-refractivity contribution in [3.63, 3.8) is 0 Å². The third-order valence-electron chi connectivity index (χ3n) is 5.35. The predicted octanol–water partition coefficient (Wildman–Crippen LogP) is 3.71. The molecule has 0 unspecified atom stereocenters. The van der Waals surface area contributed by atoms with Crippen molar-refractivity contribution >= 4 is 34.1 Å². The lowest BCUT2D eigenvalue weighted by molar-refractivity contribution is -0.117. The molecule has 1 saturated heterocycles. The molecule has 30 heavy (non-hydrogen) atoms. The predicted molar refractivity (Wildman–Crippen MR) is 112 cm³/mol. The molecule has 8 heteroatoms. The molecule has 4 rings (SSSR count). The number of benzene rings is 2. The van der Waals surface area contributed by atoms with E-state index in [1.54, 1.807) is 40.8 Å². The van der Waals surface area contributed by atoms with Gasteiger partial charge < -0.3 is 24.3 Å². The summed E-state index contributed by atoms with van der Waals surface area (Å²) in [5, 5.41) is 3.37. The van der Waals surface area contributed by atoms with E-state index in [-0.39, 0.29) is 11.6 Å². The maximum Gasteiger partial charge on any atom is 0.274 e. The summed E-state index contributed by atoms with van der Waals surface area (Å²) in [6.45, 7) is 0.483. The molecule has 3 aromatic rings. The molecule has 1 N–H and O–H groups in total. The Balaban J connectivity index is 1.85. The highest BCUT2D eigenvalue weighted by molar-refractivity contribution is 6.17. The average Bonchev–Trinajstić information content (AvgIpc) is 3.27. The third kappa shape index (κ3) is 3.24. The lowest BCUT2D eigenvalue weighted by atomic mass is 10.2. The van der Waals surface area contributed by atoms with Gasteiger partial charge in [-0.3, -0.25) is 9.59 Å². The van der Waals surface area contributed by atoms with Gasteiger partial charge in [0.1, 0.15) is 23.0 Å². The number of nitrogens with one attached hydrogen (secondary N) is 1. The topological polar surface area (TPSA) is 72.8 Å². The standard InChI is InChI=1S/C22H22FN3O4/c1-25-17-8-6-13(23)11-15(17)20(26-10-4-5-19(26)27)21(25)22(28)24-16-12-14(29-2)7-9-18(16)30-3/h6-9,11-12H,4-5,10H2,1-3H3,(H,24,28). The number of nitrogens with zero attached hydrogens (tertiary/aromatic N) is 2. The van der Waals surface area contributed by atoms with Crippen LogP contribution >= 0.6 is 0 Å². The largest absolute Gasteiger partial charge is 0.497 e. The number of amides is 2. The molecule has 0 saturated carbocycles. The second-order valence-corrected chi connectivity index (χ2v) is 7.09. The van der Waals surface area contributed by atoms with E-state index in [0.717, 1.165) is 0 Å². The molecule has 7 nitrogen and oxygen atoms in total. The third-order valence-corrected chi connectivity index (χ3v) is 5.35. The second kappa shape index (κ2) is 7.70. The summed E-state index contributed by atoms with van der Waals surface area (Å²) in [6.07, 6.45) is 1.09. The highest BCUT2D eigenvalue weighted by atomic mass is 19.1. The summed E-state index contributed by atoms with van der Waals surface area (Å²) in [6, 6.07) is 9.37. The molecule has 0 spiro atoms. The molecule has 0 bridgehead atoms. The van der Waals surface area contributed by atoms with E-state index in [2.05, 4.69) is 5.32 Å².